The first-order valence-electron chi connectivity index (χ1n) is 6.94. The Morgan fingerprint density at radius 3 is 2.31 bits per heavy atom. The quantitative estimate of drug-likeness (QED) is 0.539. The van der Waals surface area contributed by atoms with Crippen LogP contribution in [0.15, 0.2) is 0 Å². The highest BCUT2D eigenvalue weighted by atomic mass is 16.5. The normalized spacial score (nSPS) is 26.6. The molecule has 2 aliphatic carbocycles. The number of hydrogen-bond acceptors (Lipinski definition) is 3. The van der Waals surface area contributed by atoms with E-state index >= 15 is 0 Å². The maximum absolute atomic E-state index is 5.93. The summed E-state index contributed by atoms with van der Waals surface area (Å²) in [5, 5.41) is 0. The minimum Gasteiger partial charge on any atom is -0.377 e. The molecule has 2 fully saturated rings. The third-order valence-electron chi connectivity index (χ3n) is 4.15. The third-order valence-corrected chi connectivity index (χ3v) is 4.15. The predicted octanol–water partition coefficient (Wildman–Crippen LogP) is 2.21. The first-order chi connectivity index (χ1) is 7.86. The lowest BCUT2D eigenvalue weighted by molar-refractivity contribution is -0.00253. The summed E-state index contributed by atoms with van der Waals surface area (Å²) in [6.07, 6.45) is 9.80. The molecule has 0 saturated heterocycles. The van der Waals surface area contributed by atoms with Gasteiger partial charge >= 0.3 is 0 Å². The lowest BCUT2D eigenvalue weighted by atomic mass is 9.81. The summed E-state index contributed by atoms with van der Waals surface area (Å²) in [5.41, 5.74) is 3.05. The van der Waals surface area contributed by atoms with Gasteiger partial charge in [-0.05, 0) is 44.4 Å². The van der Waals surface area contributed by atoms with Crippen LogP contribution in [0.1, 0.15) is 51.9 Å². The molecule has 3 nitrogen and oxygen atoms in total. The molecule has 3 heteroatoms. The second kappa shape index (κ2) is 5.99. The molecule has 0 radical (unpaired) electrons. The van der Waals surface area contributed by atoms with Gasteiger partial charge in [-0.3, -0.25) is 11.3 Å². The van der Waals surface area contributed by atoms with Gasteiger partial charge in [0.15, 0.2) is 0 Å². The molecule has 3 N–H and O–H groups in total. The summed E-state index contributed by atoms with van der Waals surface area (Å²) in [7, 11) is 0. The van der Waals surface area contributed by atoms with Crippen molar-refractivity contribution < 1.29 is 4.74 Å². The Hall–Kier alpha value is -0.120. The highest BCUT2D eigenvalue weighted by molar-refractivity contribution is 4.93. The van der Waals surface area contributed by atoms with Crippen LogP contribution in [0.5, 0.6) is 0 Å². The fraction of sp³-hybridized carbons (Fsp3) is 1.00. The molecule has 0 spiro atoms. The zero-order valence-electron chi connectivity index (χ0n) is 10.5. The van der Waals surface area contributed by atoms with Gasteiger partial charge in [0.25, 0.3) is 0 Å². The van der Waals surface area contributed by atoms with Crippen LogP contribution in [0.3, 0.4) is 0 Å². The van der Waals surface area contributed by atoms with Crippen LogP contribution >= 0.6 is 0 Å². The molecule has 94 valence electrons. The van der Waals surface area contributed by atoms with Crippen molar-refractivity contribution in [3.8, 4) is 0 Å². The average Bonchev–Trinajstić information content (AvgIpc) is 3.14. The van der Waals surface area contributed by atoms with Gasteiger partial charge in [0.2, 0.25) is 0 Å². The lowest BCUT2D eigenvalue weighted by Crippen LogP contribution is -2.51. The van der Waals surface area contributed by atoms with Crippen molar-refractivity contribution in [3.63, 3.8) is 0 Å². The van der Waals surface area contributed by atoms with Crippen molar-refractivity contribution >= 4 is 0 Å². The zero-order chi connectivity index (χ0) is 11.4. The molecule has 0 aromatic rings. The van der Waals surface area contributed by atoms with Crippen molar-refractivity contribution in [1.29, 1.82) is 0 Å². The van der Waals surface area contributed by atoms with Crippen molar-refractivity contribution in [1.82, 2.24) is 5.43 Å². The molecule has 2 atom stereocenters. The van der Waals surface area contributed by atoms with Crippen molar-refractivity contribution in [2.45, 2.75) is 64.0 Å². The Labute approximate surface area is 99.1 Å². The van der Waals surface area contributed by atoms with E-state index in [0.717, 1.165) is 18.4 Å². The minimum atomic E-state index is 0.359. The van der Waals surface area contributed by atoms with Gasteiger partial charge in [0.1, 0.15) is 0 Å². The zero-order valence-corrected chi connectivity index (χ0v) is 10.5. The molecule has 2 saturated carbocycles. The summed E-state index contributed by atoms with van der Waals surface area (Å²) < 4.78 is 5.93. The SMILES string of the molecule is CCOC(C1CC1)C(NN)C1CCCCC1. The molecule has 0 aliphatic heterocycles. The van der Waals surface area contributed by atoms with Gasteiger partial charge in [-0.1, -0.05) is 19.3 Å². The first kappa shape index (κ1) is 12.3. The second-order valence-corrected chi connectivity index (χ2v) is 5.35. The Kier molecular flexibility index (Phi) is 4.62. The first-order valence-corrected chi connectivity index (χ1v) is 6.94. The van der Waals surface area contributed by atoms with E-state index in [1.807, 2.05) is 0 Å². The summed E-state index contributed by atoms with van der Waals surface area (Å²) >= 11 is 0. The van der Waals surface area contributed by atoms with Crippen LogP contribution in [0, 0.1) is 11.8 Å². The molecule has 2 aliphatic rings. The summed E-state index contributed by atoms with van der Waals surface area (Å²) in [6.45, 7) is 2.90. The highest BCUT2D eigenvalue weighted by Gasteiger charge is 2.40. The molecule has 0 aromatic carbocycles. The molecule has 0 amide bonds. The fourth-order valence-electron chi connectivity index (χ4n) is 3.14. The van der Waals surface area contributed by atoms with Crippen molar-refractivity contribution in [2.75, 3.05) is 6.61 Å². The number of nitrogens with two attached hydrogens (primary N) is 1. The smallest absolute Gasteiger partial charge is 0.0772 e. The molecular weight excluding hydrogens is 200 g/mol. The van der Waals surface area contributed by atoms with E-state index in [1.165, 1.54) is 44.9 Å². The van der Waals surface area contributed by atoms with Gasteiger partial charge in [-0.15, -0.1) is 0 Å². The molecule has 2 rings (SSSR count). The predicted molar refractivity (Wildman–Crippen MR) is 65.8 cm³/mol. The lowest BCUT2D eigenvalue weighted by Gasteiger charge is -2.35. The Morgan fingerprint density at radius 1 is 1.12 bits per heavy atom. The van der Waals surface area contributed by atoms with Crippen LogP contribution in [0.2, 0.25) is 0 Å². The van der Waals surface area contributed by atoms with Gasteiger partial charge in [-0.25, -0.2) is 0 Å². The molecule has 16 heavy (non-hydrogen) atoms. The summed E-state index contributed by atoms with van der Waals surface area (Å²) in [4.78, 5) is 0. The molecule has 2 unspecified atom stereocenters. The molecule has 0 bridgehead atoms. The van der Waals surface area contributed by atoms with Gasteiger partial charge in [-0.2, -0.15) is 0 Å². The van der Waals surface area contributed by atoms with E-state index in [2.05, 4.69) is 12.3 Å². The monoisotopic (exact) mass is 226 g/mol. The number of hydrazine groups is 1. The van der Waals surface area contributed by atoms with Crippen molar-refractivity contribution in [2.24, 2.45) is 17.7 Å². The standard InChI is InChI=1S/C13H26N2O/c1-2-16-13(11-8-9-11)12(15-14)10-6-4-3-5-7-10/h10-13,15H,2-9,14H2,1H3. The summed E-state index contributed by atoms with van der Waals surface area (Å²) in [6, 6.07) is 0.382. The van der Waals surface area contributed by atoms with Crippen molar-refractivity contribution in [3.05, 3.63) is 0 Å². The number of ether oxygens (including phenoxy) is 1. The third kappa shape index (κ3) is 2.96. The van der Waals surface area contributed by atoms with Gasteiger partial charge in [0.05, 0.1) is 12.1 Å². The van der Waals surface area contributed by atoms with E-state index in [1.54, 1.807) is 0 Å². The van der Waals surface area contributed by atoms with E-state index in [-0.39, 0.29) is 0 Å². The van der Waals surface area contributed by atoms with Gasteiger partial charge in [0, 0.05) is 6.61 Å². The van der Waals surface area contributed by atoms with Crippen LogP contribution in [0.25, 0.3) is 0 Å². The molecular formula is C13H26N2O. The molecule has 0 aromatic heterocycles. The number of nitrogens with one attached hydrogen (secondary N) is 1. The second-order valence-electron chi connectivity index (χ2n) is 5.35. The Balaban J connectivity index is 1.94. The summed E-state index contributed by atoms with van der Waals surface area (Å²) in [5.74, 6) is 7.27. The number of rotatable bonds is 6. The largest absolute Gasteiger partial charge is 0.377 e. The van der Waals surface area contributed by atoms with Gasteiger partial charge < -0.3 is 4.74 Å². The highest BCUT2D eigenvalue weighted by Crippen LogP contribution is 2.39. The van der Waals surface area contributed by atoms with Crippen LogP contribution < -0.4 is 11.3 Å². The molecule has 0 heterocycles. The van der Waals surface area contributed by atoms with E-state index < -0.39 is 0 Å². The average molecular weight is 226 g/mol. The maximum Gasteiger partial charge on any atom is 0.0772 e. The fourth-order valence-corrected chi connectivity index (χ4v) is 3.14. The van der Waals surface area contributed by atoms with E-state index in [4.69, 9.17) is 10.6 Å². The van der Waals surface area contributed by atoms with Crippen LogP contribution in [-0.4, -0.2) is 18.8 Å². The van der Waals surface area contributed by atoms with E-state index in [9.17, 15) is 0 Å². The minimum absolute atomic E-state index is 0.359. The van der Waals surface area contributed by atoms with E-state index in [0.29, 0.717) is 12.1 Å². The van der Waals surface area contributed by atoms with Crippen LogP contribution in [0.4, 0.5) is 0 Å². The van der Waals surface area contributed by atoms with Crippen LogP contribution in [-0.2, 0) is 4.74 Å². The Bertz CT molecular complexity index is 200. The maximum atomic E-state index is 5.93. The number of hydrogen-bond donors (Lipinski definition) is 2. The Morgan fingerprint density at radius 2 is 1.81 bits per heavy atom. The topological polar surface area (TPSA) is 47.3 Å².